The Hall–Kier alpha value is -3.09. The van der Waals surface area contributed by atoms with E-state index in [1.165, 1.54) is 18.2 Å². The molecule has 2 N–H and O–H groups in total. The highest BCUT2D eigenvalue weighted by molar-refractivity contribution is 7.92. The van der Waals surface area contributed by atoms with Crippen LogP contribution in [0.2, 0.25) is 5.02 Å². The Morgan fingerprint density at radius 1 is 1.29 bits per heavy atom. The molecule has 28 heavy (non-hydrogen) atoms. The Kier molecular flexibility index (Phi) is 6.98. The first-order chi connectivity index (χ1) is 13.3. The maximum absolute atomic E-state index is 14.0. The van der Waals surface area contributed by atoms with Gasteiger partial charge in [-0.1, -0.05) is 23.7 Å². The van der Waals surface area contributed by atoms with Crippen LogP contribution >= 0.6 is 11.6 Å². The zero-order valence-electron chi connectivity index (χ0n) is 14.6. The van der Waals surface area contributed by atoms with E-state index in [4.69, 9.17) is 21.6 Å². The number of nitrogens with one attached hydrogen (secondary N) is 2. The first-order valence-electron chi connectivity index (χ1n) is 7.89. The van der Waals surface area contributed by atoms with Crippen LogP contribution in [0.3, 0.4) is 0 Å². The second kappa shape index (κ2) is 9.21. The van der Waals surface area contributed by atoms with Gasteiger partial charge in [0.05, 0.1) is 18.0 Å². The lowest BCUT2D eigenvalue weighted by Gasteiger charge is -2.13. The molecule has 0 aliphatic heterocycles. The Balaban J connectivity index is 2.31. The number of rotatable bonds is 7. The van der Waals surface area contributed by atoms with Gasteiger partial charge in [0.25, 0.3) is 10.0 Å². The molecule has 0 radical (unpaired) electrons. The Morgan fingerprint density at radius 3 is 2.57 bits per heavy atom. The summed E-state index contributed by atoms with van der Waals surface area (Å²) in [5.41, 5.74) is 0.00926. The van der Waals surface area contributed by atoms with Crippen molar-refractivity contribution < 1.29 is 22.3 Å². The van der Waals surface area contributed by atoms with Gasteiger partial charge in [-0.2, -0.15) is 5.26 Å². The van der Waals surface area contributed by atoms with Crippen molar-refractivity contribution in [3.63, 3.8) is 0 Å². The summed E-state index contributed by atoms with van der Waals surface area (Å²) >= 11 is 5.65. The van der Waals surface area contributed by atoms with Crippen molar-refractivity contribution in [2.24, 2.45) is 0 Å². The molecule has 2 rings (SSSR count). The van der Waals surface area contributed by atoms with Gasteiger partial charge < -0.3 is 10.1 Å². The molecule has 0 bridgehead atoms. The van der Waals surface area contributed by atoms with Crippen LogP contribution in [0.1, 0.15) is 6.92 Å². The standard InChI is InChI=1S/C18H15ClFN3O4S/c1-2-27-18(24)12(10-21)11-22-15-5-3-4-6-16(15)23-28(25,26)17-8-7-13(19)9-14(17)20/h3-9,11,22-23H,2H2,1H3/b12-11+. The van der Waals surface area contributed by atoms with E-state index in [0.29, 0.717) is 0 Å². The number of carbonyl (C=O) groups excluding carboxylic acids is 1. The maximum Gasteiger partial charge on any atom is 0.350 e. The molecular weight excluding hydrogens is 409 g/mol. The molecule has 0 saturated carbocycles. The molecule has 0 amide bonds. The van der Waals surface area contributed by atoms with Gasteiger partial charge in [-0.3, -0.25) is 4.72 Å². The van der Waals surface area contributed by atoms with Crippen LogP contribution in [-0.2, 0) is 19.6 Å². The third-order valence-corrected chi connectivity index (χ3v) is 4.98. The Bertz CT molecular complexity index is 1060. The van der Waals surface area contributed by atoms with E-state index >= 15 is 0 Å². The van der Waals surface area contributed by atoms with E-state index in [-0.39, 0.29) is 28.6 Å². The summed E-state index contributed by atoms with van der Waals surface area (Å²) in [6.07, 6.45) is 1.09. The molecule has 0 unspecified atom stereocenters. The molecule has 0 atom stereocenters. The van der Waals surface area contributed by atoms with Gasteiger partial charge in [-0.15, -0.1) is 0 Å². The summed E-state index contributed by atoms with van der Waals surface area (Å²) < 4.78 is 46.0. The van der Waals surface area contributed by atoms with Crippen molar-refractivity contribution in [1.82, 2.24) is 0 Å². The van der Waals surface area contributed by atoms with Gasteiger partial charge in [0.15, 0.2) is 5.57 Å². The molecular formula is C18H15ClFN3O4S. The van der Waals surface area contributed by atoms with Gasteiger partial charge in [0.2, 0.25) is 0 Å². The van der Waals surface area contributed by atoms with Crippen LogP contribution in [0.4, 0.5) is 15.8 Å². The first kappa shape index (κ1) is 21.2. The molecule has 0 heterocycles. The molecule has 0 saturated heterocycles. The average Bonchev–Trinajstić information content (AvgIpc) is 2.63. The highest BCUT2D eigenvalue weighted by Crippen LogP contribution is 2.26. The van der Waals surface area contributed by atoms with Gasteiger partial charge in [-0.25, -0.2) is 17.6 Å². The molecule has 0 aromatic heterocycles. The molecule has 146 valence electrons. The second-order valence-electron chi connectivity index (χ2n) is 5.26. The summed E-state index contributed by atoms with van der Waals surface area (Å²) in [6, 6.07) is 11.0. The number of esters is 1. The van der Waals surface area contributed by atoms with Crippen molar-refractivity contribution in [3.8, 4) is 6.07 Å². The van der Waals surface area contributed by atoms with Crippen LogP contribution in [0.5, 0.6) is 0 Å². The average molecular weight is 424 g/mol. The van der Waals surface area contributed by atoms with E-state index in [2.05, 4.69) is 10.0 Å². The molecule has 10 heteroatoms. The SMILES string of the molecule is CCOC(=O)/C(C#N)=C/Nc1ccccc1NS(=O)(=O)c1ccc(Cl)cc1F. The minimum absolute atomic E-state index is 0.0617. The molecule has 0 aliphatic carbocycles. The van der Waals surface area contributed by atoms with Crippen molar-refractivity contribution in [2.45, 2.75) is 11.8 Å². The predicted octanol–water partition coefficient (Wildman–Crippen LogP) is 3.66. The summed E-state index contributed by atoms with van der Waals surface area (Å²) in [5, 5.41) is 11.8. The van der Waals surface area contributed by atoms with E-state index < -0.39 is 26.7 Å². The van der Waals surface area contributed by atoms with Gasteiger partial charge in [0.1, 0.15) is 16.8 Å². The van der Waals surface area contributed by atoms with Gasteiger partial charge in [-0.05, 0) is 37.3 Å². The normalized spacial score (nSPS) is 11.4. The predicted molar refractivity (Wildman–Crippen MR) is 103 cm³/mol. The fourth-order valence-electron chi connectivity index (χ4n) is 2.09. The largest absolute Gasteiger partial charge is 0.462 e. The van der Waals surface area contributed by atoms with Crippen LogP contribution in [0.15, 0.2) is 59.1 Å². The molecule has 0 aliphatic rings. The summed E-state index contributed by atoms with van der Waals surface area (Å²) in [5.74, 6) is -1.82. The van der Waals surface area contributed by atoms with E-state index in [1.54, 1.807) is 25.1 Å². The number of hydrogen-bond acceptors (Lipinski definition) is 6. The van der Waals surface area contributed by atoms with Crippen molar-refractivity contribution in [3.05, 3.63) is 65.1 Å². The lowest BCUT2D eigenvalue weighted by atomic mass is 10.2. The summed E-state index contributed by atoms with van der Waals surface area (Å²) in [6.45, 7) is 1.70. The molecule has 2 aromatic carbocycles. The minimum atomic E-state index is -4.25. The molecule has 0 fully saturated rings. The topological polar surface area (TPSA) is 108 Å². The van der Waals surface area contributed by atoms with Crippen molar-refractivity contribution in [1.29, 1.82) is 5.26 Å². The van der Waals surface area contributed by atoms with E-state index in [1.807, 2.05) is 0 Å². The third-order valence-electron chi connectivity index (χ3n) is 3.34. The third kappa shape index (κ3) is 5.22. The van der Waals surface area contributed by atoms with Gasteiger partial charge in [0, 0.05) is 11.2 Å². The van der Waals surface area contributed by atoms with Gasteiger partial charge >= 0.3 is 5.97 Å². The number of nitrogens with zero attached hydrogens (tertiary/aromatic N) is 1. The Morgan fingerprint density at radius 2 is 1.96 bits per heavy atom. The number of ether oxygens (including phenoxy) is 1. The zero-order chi connectivity index (χ0) is 20.7. The molecule has 7 nitrogen and oxygen atoms in total. The highest BCUT2D eigenvalue weighted by Gasteiger charge is 2.20. The quantitative estimate of drug-likeness (QED) is 0.399. The summed E-state index contributed by atoms with van der Waals surface area (Å²) in [7, 11) is -4.25. The van der Waals surface area contributed by atoms with E-state index in [9.17, 15) is 17.6 Å². The minimum Gasteiger partial charge on any atom is -0.462 e. The van der Waals surface area contributed by atoms with E-state index in [0.717, 1.165) is 18.3 Å². The number of para-hydroxylation sites is 2. The lowest BCUT2D eigenvalue weighted by molar-refractivity contribution is -0.138. The lowest BCUT2D eigenvalue weighted by Crippen LogP contribution is -2.15. The fourth-order valence-corrected chi connectivity index (χ4v) is 3.39. The highest BCUT2D eigenvalue weighted by atomic mass is 35.5. The summed E-state index contributed by atoms with van der Waals surface area (Å²) in [4.78, 5) is 11.1. The van der Waals surface area contributed by atoms with Crippen LogP contribution in [-0.4, -0.2) is 21.0 Å². The van der Waals surface area contributed by atoms with Crippen LogP contribution in [0, 0.1) is 17.1 Å². The molecule has 2 aromatic rings. The number of nitriles is 1. The fraction of sp³-hybridized carbons (Fsp3) is 0.111. The van der Waals surface area contributed by atoms with Crippen LogP contribution in [0.25, 0.3) is 0 Å². The number of sulfonamides is 1. The Labute approximate surface area is 166 Å². The van der Waals surface area contributed by atoms with Crippen molar-refractivity contribution >= 4 is 39.0 Å². The number of anilines is 2. The number of halogens is 2. The second-order valence-corrected chi connectivity index (χ2v) is 7.35. The molecule has 0 spiro atoms. The number of hydrogen-bond donors (Lipinski definition) is 2. The smallest absolute Gasteiger partial charge is 0.350 e. The number of carbonyl (C=O) groups is 1. The maximum atomic E-state index is 14.0. The van der Waals surface area contributed by atoms with Crippen LogP contribution < -0.4 is 10.0 Å². The monoisotopic (exact) mass is 423 g/mol. The van der Waals surface area contributed by atoms with Crippen molar-refractivity contribution in [2.75, 3.05) is 16.6 Å². The zero-order valence-corrected chi connectivity index (χ0v) is 16.1. The number of benzene rings is 2. The first-order valence-corrected chi connectivity index (χ1v) is 9.75.